The molecule has 2 N–H and O–H groups in total. The van der Waals surface area contributed by atoms with E-state index in [1.807, 2.05) is 79.7 Å². The molecular weight excluding hydrogens is 664 g/mol. The predicted octanol–water partition coefficient (Wildman–Crippen LogP) is 8.09. The first-order chi connectivity index (χ1) is 25.3. The molecule has 0 bridgehead atoms. The van der Waals surface area contributed by atoms with Crippen molar-refractivity contribution >= 4 is 23.7 Å². The van der Waals surface area contributed by atoms with E-state index in [2.05, 4.69) is 10.6 Å². The molecule has 1 aliphatic rings. The van der Waals surface area contributed by atoms with Gasteiger partial charge in [0, 0.05) is 5.69 Å². The van der Waals surface area contributed by atoms with Gasteiger partial charge in [-0.2, -0.15) is 0 Å². The molecule has 1 amide bonds. The summed E-state index contributed by atoms with van der Waals surface area (Å²) >= 11 is 0. The second-order valence-corrected chi connectivity index (χ2v) is 12.2. The molecule has 0 radical (unpaired) electrons. The van der Waals surface area contributed by atoms with Crippen LogP contribution in [-0.2, 0) is 0 Å². The van der Waals surface area contributed by atoms with Crippen molar-refractivity contribution in [2.45, 2.75) is 38.8 Å². The molecule has 1 atom stereocenters. The van der Waals surface area contributed by atoms with E-state index in [-0.39, 0.29) is 12.1 Å². The van der Waals surface area contributed by atoms with E-state index in [0.29, 0.717) is 64.8 Å². The van der Waals surface area contributed by atoms with Gasteiger partial charge in [-0.15, -0.1) is 0 Å². The molecule has 52 heavy (non-hydrogen) atoms. The minimum Gasteiger partial charge on any atom is -0.493 e. The number of benzene rings is 4. The summed E-state index contributed by atoms with van der Waals surface area (Å²) in [6, 6.07) is 19.1. The van der Waals surface area contributed by atoms with Crippen molar-refractivity contribution < 1.29 is 42.7 Å². The van der Waals surface area contributed by atoms with Gasteiger partial charge in [-0.05, 0) is 97.8 Å². The smallest absolute Gasteiger partial charge is 0.255 e. The topological polar surface area (TPSA) is 115 Å². The molecular formula is C41H48N2O9. The van der Waals surface area contributed by atoms with Crippen LogP contribution in [0.25, 0.3) is 12.2 Å². The molecule has 4 aromatic rings. The molecule has 0 saturated heterocycles. The standard InChI is InChI=1S/C41H48N2O9/c1-26-12-16-31-30(20-26)41(44)43-40(42-31)29-15-17-32(33(25-29)45-2)51-18-10-8-9-11-19-52-39-36(48-5)23-28(24-37(39)49-6)14-13-27-21-34(46-3)38(50-7)35(22-27)47-4/h12-17,20-25,40,42H,8-11,18-19H2,1-7H3,(H,43,44)/b14-13+. The summed E-state index contributed by atoms with van der Waals surface area (Å²) in [5.74, 6) is 4.58. The number of methoxy groups -OCH3 is 6. The van der Waals surface area contributed by atoms with E-state index in [1.54, 1.807) is 42.7 Å². The summed E-state index contributed by atoms with van der Waals surface area (Å²) < 4.78 is 45.6. The molecule has 0 aliphatic carbocycles. The minimum atomic E-state index is -0.372. The summed E-state index contributed by atoms with van der Waals surface area (Å²) in [5, 5.41) is 6.42. The van der Waals surface area contributed by atoms with Crippen LogP contribution in [0.15, 0.2) is 60.7 Å². The Morgan fingerprint density at radius 3 is 1.67 bits per heavy atom. The van der Waals surface area contributed by atoms with Gasteiger partial charge in [0.25, 0.3) is 5.91 Å². The van der Waals surface area contributed by atoms with Crippen LogP contribution in [0.5, 0.6) is 46.0 Å². The zero-order valence-corrected chi connectivity index (χ0v) is 30.9. The zero-order valence-electron chi connectivity index (χ0n) is 30.9. The van der Waals surface area contributed by atoms with Crippen LogP contribution in [0.2, 0.25) is 0 Å². The Bertz CT molecular complexity index is 1820. The predicted molar refractivity (Wildman–Crippen MR) is 202 cm³/mol. The van der Waals surface area contributed by atoms with Crippen LogP contribution in [0.1, 0.15) is 64.5 Å². The zero-order chi connectivity index (χ0) is 37.0. The first-order valence-corrected chi connectivity index (χ1v) is 17.2. The molecule has 0 aromatic heterocycles. The van der Waals surface area contributed by atoms with Crippen LogP contribution in [-0.4, -0.2) is 61.8 Å². The van der Waals surface area contributed by atoms with Gasteiger partial charge in [-0.25, -0.2) is 0 Å². The van der Waals surface area contributed by atoms with E-state index in [0.717, 1.165) is 53.6 Å². The lowest BCUT2D eigenvalue weighted by molar-refractivity contribution is 0.0935. The number of nitrogens with one attached hydrogen (secondary N) is 2. The third-order valence-corrected chi connectivity index (χ3v) is 8.70. The number of hydrogen-bond acceptors (Lipinski definition) is 10. The highest BCUT2D eigenvalue weighted by Gasteiger charge is 2.25. The van der Waals surface area contributed by atoms with Gasteiger partial charge >= 0.3 is 0 Å². The number of rotatable bonds is 18. The molecule has 0 fully saturated rings. The SMILES string of the molecule is COc1cc(C2NC(=O)c3cc(C)ccc3N2)ccc1OCCCCCCOc1c(OC)cc(/C=C/c2cc(OC)c(OC)c(OC)c2)cc1OC. The van der Waals surface area contributed by atoms with Crippen molar-refractivity contribution in [3.05, 3.63) is 88.5 Å². The molecule has 1 aliphatic heterocycles. The fourth-order valence-electron chi connectivity index (χ4n) is 5.96. The lowest BCUT2D eigenvalue weighted by atomic mass is 10.0. The van der Waals surface area contributed by atoms with Gasteiger partial charge in [-0.1, -0.05) is 29.8 Å². The van der Waals surface area contributed by atoms with Crippen LogP contribution >= 0.6 is 0 Å². The Morgan fingerprint density at radius 1 is 0.558 bits per heavy atom. The van der Waals surface area contributed by atoms with Gasteiger partial charge in [0.1, 0.15) is 6.17 Å². The first kappa shape index (κ1) is 37.5. The van der Waals surface area contributed by atoms with E-state index in [4.69, 9.17) is 37.9 Å². The molecule has 1 unspecified atom stereocenters. The number of carbonyl (C=O) groups is 1. The van der Waals surface area contributed by atoms with Gasteiger partial charge < -0.3 is 48.5 Å². The number of aryl methyl sites for hydroxylation is 1. The fraction of sp³-hybridized carbons (Fsp3) is 0.341. The highest BCUT2D eigenvalue weighted by molar-refractivity contribution is 6.02. The number of fused-ring (bicyclic) bond motifs is 1. The molecule has 0 spiro atoms. The summed E-state index contributed by atoms with van der Waals surface area (Å²) in [5.41, 5.74) is 5.10. The fourth-order valence-corrected chi connectivity index (χ4v) is 5.96. The van der Waals surface area contributed by atoms with Crippen LogP contribution in [0.4, 0.5) is 5.69 Å². The number of amides is 1. The summed E-state index contributed by atoms with van der Waals surface area (Å²) in [7, 11) is 9.60. The molecule has 5 rings (SSSR count). The number of anilines is 1. The van der Waals surface area contributed by atoms with Crippen molar-refractivity contribution in [1.29, 1.82) is 0 Å². The maximum absolute atomic E-state index is 12.7. The molecule has 276 valence electrons. The largest absolute Gasteiger partial charge is 0.493 e. The molecule has 11 nitrogen and oxygen atoms in total. The van der Waals surface area contributed by atoms with Gasteiger partial charge in [0.05, 0.1) is 61.4 Å². The van der Waals surface area contributed by atoms with E-state index >= 15 is 0 Å². The van der Waals surface area contributed by atoms with Crippen molar-refractivity contribution in [3.8, 4) is 46.0 Å². The maximum atomic E-state index is 12.7. The third kappa shape index (κ3) is 8.95. The lowest BCUT2D eigenvalue weighted by Gasteiger charge is -2.28. The van der Waals surface area contributed by atoms with Gasteiger partial charge in [0.15, 0.2) is 34.5 Å². The quantitative estimate of drug-likeness (QED) is 0.0775. The van der Waals surface area contributed by atoms with Crippen molar-refractivity contribution in [1.82, 2.24) is 5.32 Å². The van der Waals surface area contributed by atoms with Gasteiger partial charge in [0.2, 0.25) is 11.5 Å². The Kier molecular flexibility index (Phi) is 13.0. The molecule has 4 aromatic carbocycles. The van der Waals surface area contributed by atoms with Crippen molar-refractivity contribution in [2.75, 3.05) is 61.2 Å². The normalized spacial score (nSPS) is 13.4. The first-order valence-electron chi connectivity index (χ1n) is 17.2. The Hall–Kier alpha value is -5.71. The Morgan fingerprint density at radius 2 is 1.12 bits per heavy atom. The van der Waals surface area contributed by atoms with Crippen LogP contribution in [0, 0.1) is 6.92 Å². The summed E-state index contributed by atoms with van der Waals surface area (Å²) in [6.07, 6.45) is 7.20. The average Bonchev–Trinajstić information content (AvgIpc) is 3.17. The number of hydrogen-bond donors (Lipinski definition) is 2. The molecule has 0 saturated carbocycles. The Labute approximate surface area is 305 Å². The number of ether oxygens (including phenoxy) is 8. The second-order valence-electron chi connectivity index (χ2n) is 12.2. The maximum Gasteiger partial charge on any atom is 0.255 e. The lowest BCUT2D eigenvalue weighted by Crippen LogP contribution is -2.38. The second kappa shape index (κ2) is 18.0. The Balaban J connectivity index is 1.09. The molecule has 1 heterocycles. The minimum absolute atomic E-state index is 0.110. The van der Waals surface area contributed by atoms with E-state index < -0.39 is 0 Å². The van der Waals surface area contributed by atoms with E-state index in [9.17, 15) is 4.79 Å². The van der Waals surface area contributed by atoms with Crippen molar-refractivity contribution in [3.63, 3.8) is 0 Å². The average molecular weight is 713 g/mol. The van der Waals surface area contributed by atoms with Crippen molar-refractivity contribution in [2.24, 2.45) is 0 Å². The third-order valence-electron chi connectivity index (χ3n) is 8.70. The monoisotopic (exact) mass is 712 g/mol. The van der Waals surface area contributed by atoms with Crippen LogP contribution in [0.3, 0.4) is 0 Å². The molecule has 11 heteroatoms. The summed E-state index contributed by atoms with van der Waals surface area (Å²) in [6.45, 7) is 3.03. The van der Waals surface area contributed by atoms with Crippen LogP contribution < -0.4 is 48.5 Å². The van der Waals surface area contributed by atoms with E-state index in [1.165, 1.54) is 0 Å². The highest BCUT2D eigenvalue weighted by Crippen LogP contribution is 2.41. The van der Waals surface area contributed by atoms with Gasteiger partial charge in [-0.3, -0.25) is 4.79 Å². The number of unbranched alkanes of at least 4 members (excludes halogenated alkanes) is 3. The summed E-state index contributed by atoms with van der Waals surface area (Å²) in [4.78, 5) is 12.7. The number of carbonyl (C=O) groups excluding carboxylic acids is 1. The highest BCUT2D eigenvalue weighted by atomic mass is 16.5.